The highest BCUT2D eigenvalue weighted by Crippen LogP contribution is 2.37. The van der Waals surface area contributed by atoms with Gasteiger partial charge >= 0.3 is 0 Å². The molecule has 1 heterocycles. The van der Waals surface area contributed by atoms with Crippen LogP contribution in [0.25, 0.3) is 6.08 Å². The normalized spacial score (nSPS) is 14.4. The smallest absolute Gasteiger partial charge is 0.266 e. The van der Waals surface area contributed by atoms with E-state index < -0.39 is 0 Å². The van der Waals surface area contributed by atoms with Crippen LogP contribution in [-0.2, 0) is 11.3 Å². The van der Waals surface area contributed by atoms with Crippen LogP contribution in [0.2, 0.25) is 0 Å². The minimum Gasteiger partial charge on any atom is -0.493 e. The van der Waals surface area contributed by atoms with Crippen LogP contribution < -0.4 is 14.2 Å². The van der Waals surface area contributed by atoms with E-state index in [9.17, 15) is 4.79 Å². The number of halogens is 1. The Morgan fingerprint density at radius 1 is 1.00 bits per heavy atom. The molecule has 0 aromatic heterocycles. The molecule has 1 aliphatic heterocycles. The number of benzene rings is 3. The molecule has 0 saturated carbocycles. The lowest BCUT2D eigenvalue weighted by molar-refractivity contribution is -0.122. The van der Waals surface area contributed by atoms with Crippen LogP contribution >= 0.6 is 46.6 Å². The minimum atomic E-state index is -0.0911. The van der Waals surface area contributed by atoms with Gasteiger partial charge in [0.05, 0.1) is 22.1 Å². The molecule has 0 unspecified atom stereocenters. The first-order valence-corrected chi connectivity index (χ1v) is 13.7. The van der Waals surface area contributed by atoms with Crippen LogP contribution in [0.1, 0.15) is 22.3 Å². The lowest BCUT2D eigenvalue weighted by Gasteiger charge is -2.15. The molecule has 0 radical (unpaired) electrons. The van der Waals surface area contributed by atoms with E-state index in [1.54, 1.807) is 12.0 Å². The van der Waals surface area contributed by atoms with Gasteiger partial charge in [0, 0.05) is 0 Å². The largest absolute Gasteiger partial charge is 0.493 e. The summed E-state index contributed by atoms with van der Waals surface area (Å²) in [6.07, 6.45) is 1.85. The summed E-state index contributed by atoms with van der Waals surface area (Å²) in [5.74, 6) is 1.98. The van der Waals surface area contributed by atoms with E-state index >= 15 is 0 Å². The predicted octanol–water partition coefficient (Wildman–Crippen LogP) is 6.78. The quantitative estimate of drug-likeness (QED) is 0.112. The van der Waals surface area contributed by atoms with Crippen molar-refractivity contribution < 1.29 is 19.0 Å². The first-order valence-electron chi connectivity index (χ1n) is 11.4. The summed E-state index contributed by atoms with van der Waals surface area (Å²) in [7, 11) is 1.60. The van der Waals surface area contributed by atoms with E-state index in [0.29, 0.717) is 40.5 Å². The number of methoxy groups -OCH3 is 1. The Bertz CT molecular complexity index is 1310. The first kappa shape index (κ1) is 26.5. The number of thiocarbonyl (C=S) groups is 1. The summed E-state index contributed by atoms with van der Waals surface area (Å²) in [4.78, 5) is 15.3. The summed E-state index contributed by atoms with van der Waals surface area (Å²) in [5, 5.41) is 0. The molecule has 1 saturated heterocycles. The lowest BCUT2D eigenvalue weighted by Crippen LogP contribution is -2.27. The fourth-order valence-corrected chi connectivity index (χ4v) is 5.66. The molecule has 8 heteroatoms. The van der Waals surface area contributed by atoms with Gasteiger partial charge in [-0.25, -0.2) is 0 Å². The number of carbonyl (C=O) groups is 1. The van der Waals surface area contributed by atoms with E-state index in [1.165, 1.54) is 22.9 Å². The number of thioether (sulfide) groups is 1. The van der Waals surface area contributed by atoms with Gasteiger partial charge in [-0.05, 0) is 89.0 Å². The highest BCUT2D eigenvalue weighted by molar-refractivity contribution is 14.1. The number of carbonyl (C=O) groups excluding carboxylic acids is 1. The Morgan fingerprint density at radius 3 is 2.47 bits per heavy atom. The summed E-state index contributed by atoms with van der Waals surface area (Å²) < 4.78 is 18.9. The highest BCUT2D eigenvalue weighted by atomic mass is 127. The zero-order chi connectivity index (χ0) is 25.7. The van der Waals surface area contributed by atoms with Gasteiger partial charge in [-0.1, -0.05) is 60.4 Å². The van der Waals surface area contributed by atoms with Gasteiger partial charge in [-0.2, -0.15) is 0 Å². The van der Waals surface area contributed by atoms with E-state index in [-0.39, 0.29) is 5.91 Å². The maximum Gasteiger partial charge on any atom is 0.266 e. The lowest BCUT2D eigenvalue weighted by atomic mass is 10.1. The van der Waals surface area contributed by atoms with E-state index in [0.717, 1.165) is 20.4 Å². The summed E-state index contributed by atoms with van der Waals surface area (Å²) in [6, 6.07) is 19.7. The average Bonchev–Trinajstić information content (AvgIpc) is 3.12. The number of hydrogen-bond acceptors (Lipinski definition) is 6. The van der Waals surface area contributed by atoms with Crippen LogP contribution in [0.15, 0.2) is 65.6 Å². The SMILES string of the molecule is COc1cc(C=C2SC(=S)N(Cc3ccccc3)C2=O)cc(I)c1OCCOc1ccc(C)c(C)c1. The molecule has 0 bridgehead atoms. The average molecular weight is 632 g/mol. The second-order valence-corrected chi connectivity index (χ2v) is 11.1. The Morgan fingerprint density at radius 2 is 1.75 bits per heavy atom. The van der Waals surface area contributed by atoms with Crippen molar-refractivity contribution in [3.05, 3.63) is 91.4 Å². The van der Waals surface area contributed by atoms with E-state index in [1.807, 2.05) is 66.7 Å². The molecular weight excluding hydrogens is 605 g/mol. The number of amides is 1. The van der Waals surface area contributed by atoms with Crippen LogP contribution in [-0.4, -0.2) is 35.5 Å². The molecule has 186 valence electrons. The van der Waals surface area contributed by atoms with Crippen molar-refractivity contribution in [1.29, 1.82) is 0 Å². The van der Waals surface area contributed by atoms with Gasteiger partial charge in [-0.15, -0.1) is 0 Å². The van der Waals surface area contributed by atoms with Gasteiger partial charge in [0.2, 0.25) is 0 Å². The van der Waals surface area contributed by atoms with Gasteiger partial charge < -0.3 is 14.2 Å². The second-order valence-electron chi connectivity index (χ2n) is 8.23. The zero-order valence-electron chi connectivity index (χ0n) is 20.2. The van der Waals surface area contributed by atoms with Crippen molar-refractivity contribution in [1.82, 2.24) is 4.90 Å². The molecule has 0 spiro atoms. The van der Waals surface area contributed by atoms with E-state index in [4.69, 9.17) is 26.4 Å². The molecule has 3 aromatic carbocycles. The molecule has 1 amide bonds. The molecule has 4 rings (SSSR count). The second kappa shape index (κ2) is 12.1. The molecule has 0 N–H and O–H groups in total. The number of rotatable bonds is 9. The highest BCUT2D eigenvalue weighted by Gasteiger charge is 2.32. The molecule has 3 aromatic rings. The molecular formula is C28H26INO4S2. The van der Waals surface area contributed by atoms with Gasteiger partial charge in [0.1, 0.15) is 23.3 Å². The summed E-state index contributed by atoms with van der Waals surface area (Å²) in [5.41, 5.74) is 4.30. The topological polar surface area (TPSA) is 48.0 Å². The van der Waals surface area contributed by atoms with Crippen molar-refractivity contribution in [2.45, 2.75) is 20.4 Å². The van der Waals surface area contributed by atoms with Crippen molar-refractivity contribution in [2.75, 3.05) is 20.3 Å². The first-order chi connectivity index (χ1) is 17.4. The standard InChI is InChI=1S/C28H26INO4S2/c1-18-9-10-22(13-19(18)2)33-11-12-34-26-23(29)14-21(15-24(26)32-3)16-25-27(31)30(28(35)36-25)17-20-7-5-4-6-8-20/h4-10,13-16H,11-12,17H2,1-3H3. The maximum absolute atomic E-state index is 13.0. The minimum absolute atomic E-state index is 0.0911. The van der Waals surface area contributed by atoms with Gasteiger partial charge in [0.25, 0.3) is 5.91 Å². The Kier molecular flexibility index (Phi) is 8.92. The molecule has 1 aliphatic rings. The Labute approximate surface area is 235 Å². The summed E-state index contributed by atoms with van der Waals surface area (Å²) >= 11 is 9.01. The van der Waals surface area contributed by atoms with Gasteiger partial charge in [-0.3, -0.25) is 9.69 Å². The fraction of sp³-hybridized carbons (Fsp3) is 0.214. The van der Waals surface area contributed by atoms with Crippen molar-refractivity contribution in [3.8, 4) is 17.2 Å². The Hall–Kier alpha value is -2.56. The van der Waals surface area contributed by atoms with Gasteiger partial charge in [0.15, 0.2) is 11.5 Å². The number of aryl methyl sites for hydroxylation is 2. The third-order valence-electron chi connectivity index (χ3n) is 5.68. The number of ether oxygens (including phenoxy) is 3. The molecule has 1 fully saturated rings. The van der Waals surface area contributed by atoms with Crippen LogP contribution in [0.4, 0.5) is 0 Å². The van der Waals surface area contributed by atoms with E-state index in [2.05, 4.69) is 36.4 Å². The third-order valence-corrected chi connectivity index (χ3v) is 7.86. The van der Waals surface area contributed by atoms with Crippen LogP contribution in [0.5, 0.6) is 17.2 Å². The molecule has 0 aliphatic carbocycles. The fourth-order valence-electron chi connectivity index (χ4n) is 3.62. The van der Waals surface area contributed by atoms with Crippen molar-refractivity contribution >= 4 is 62.9 Å². The molecule has 36 heavy (non-hydrogen) atoms. The molecule has 5 nitrogen and oxygen atoms in total. The maximum atomic E-state index is 13.0. The van der Waals surface area contributed by atoms with Crippen molar-refractivity contribution in [2.24, 2.45) is 0 Å². The molecule has 0 atom stereocenters. The third kappa shape index (κ3) is 6.41. The Balaban J connectivity index is 1.42. The summed E-state index contributed by atoms with van der Waals surface area (Å²) in [6.45, 7) is 5.38. The monoisotopic (exact) mass is 631 g/mol. The van der Waals surface area contributed by atoms with Crippen LogP contribution in [0, 0.1) is 17.4 Å². The predicted molar refractivity (Wildman–Crippen MR) is 158 cm³/mol. The zero-order valence-corrected chi connectivity index (χ0v) is 24.0. The number of hydrogen-bond donors (Lipinski definition) is 0. The van der Waals surface area contributed by atoms with Crippen LogP contribution in [0.3, 0.4) is 0 Å². The van der Waals surface area contributed by atoms with Crippen molar-refractivity contribution in [3.63, 3.8) is 0 Å². The number of nitrogens with zero attached hydrogens (tertiary/aromatic N) is 1.